The van der Waals surface area contributed by atoms with Gasteiger partial charge < -0.3 is 10.5 Å². The zero-order valence-corrected chi connectivity index (χ0v) is 13.6. The summed E-state index contributed by atoms with van der Waals surface area (Å²) in [4.78, 5) is 18.7. The third-order valence-electron chi connectivity index (χ3n) is 4.91. The molecule has 1 heterocycles. The quantitative estimate of drug-likeness (QED) is 0.817. The molecule has 5 nitrogen and oxygen atoms in total. The Kier molecular flexibility index (Phi) is 5.25. The molecule has 0 aromatic carbocycles. The molecule has 1 unspecified atom stereocenters. The van der Waals surface area contributed by atoms with Crippen molar-refractivity contribution in [2.75, 3.05) is 13.7 Å². The highest BCUT2D eigenvalue weighted by Gasteiger charge is 2.48. The van der Waals surface area contributed by atoms with Gasteiger partial charge >= 0.3 is 0 Å². The average molecular weight is 295 g/mol. The zero-order chi connectivity index (χ0) is 15.5. The Morgan fingerprint density at radius 2 is 2.10 bits per heavy atom. The van der Waals surface area contributed by atoms with Crippen molar-refractivity contribution in [3.8, 4) is 0 Å². The lowest BCUT2D eigenvalue weighted by atomic mass is 9.79. The number of rotatable bonds is 6. The Bertz CT molecular complexity index is 404. The van der Waals surface area contributed by atoms with E-state index >= 15 is 0 Å². The molecule has 0 aromatic rings. The van der Waals surface area contributed by atoms with Crippen molar-refractivity contribution in [1.82, 2.24) is 4.90 Å². The number of carbonyl (C=O) groups is 1. The van der Waals surface area contributed by atoms with Crippen LogP contribution in [0, 0.1) is 5.92 Å². The molecule has 0 bridgehead atoms. The topological polar surface area (TPSA) is 67.9 Å². The molecule has 2 rings (SSSR count). The van der Waals surface area contributed by atoms with Gasteiger partial charge in [0.2, 0.25) is 0 Å². The first-order valence-electron chi connectivity index (χ1n) is 8.23. The molecule has 2 atom stereocenters. The van der Waals surface area contributed by atoms with Crippen molar-refractivity contribution in [2.24, 2.45) is 16.6 Å². The van der Waals surface area contributed by atoms with Crippen molar-refractivity contribution in [2.45, 2.75) is 70.4 Å². The minimum Gasteiger partial charge on any atom is -0.375 e. The number of likely N-dealkylation sites (N-methyl/N-ethyl adjacent to an activating group) is 1. The number of amides is 1. The predicted octanol–water partition coefficient (Wildman–Crippen LogP) is 2.30. The Hall–Kier alpha value is -1.10. The molecule has 1 aliphatic carbocycles. The van der Waals surface area contributed by atoms with Gasteiger partial charge in [-0.2, -0.15) is 0 Å². The van der Waals surface area contributed by atoms with Gasteiger partial charge in [-0.15, -0.1) is 0 Å². The molecule has 0 saturated heterocycles. The highest BCUT2D eigenvalue weighted by atomic mass is 16.5. The predicted molar refractivity (Wildman–Crippen MR) is 84.0 cm³/mol. The van der Waals surface area contributed by atoms with Crippen molar-refractivity contribution in [1.29, 1.82) is 0 Å². The minimum absolute atomic E-state index is 0.00567. The second-order valence-electron chi connectivity index (χ2n) is 6.60. The fraction of sp³-hybridized carbons (Fsp3) is 0.875. The molecule has 2 aliphatic rings. The van der Waals surface area contributed by atoms with E-state index in [1.807, 2.05) is 6.92 Å². The van der Waals surface area contributed by atoms with Gasteiger partial charge in [0.05, 0.1) is 12.7 Å². The Morgan fingerprint density at radius 3 is 2.62 bits per heavy atom. The summed E-state index contributed by atoms with van der Waals surface area (Å²) < 4.78 is 5.88. The second-order valence-corrected chi connectivity index (χ2v) is 6.60. The number of nitrogens with two attached hydrogens (primary N) is 1. The molecule has 1 saturated carbocycles. The number of nitrogens with zero attached hydrogens (tertiary/aromatic N) is 2. The number of ether oxygens (including phenoxy) is 1. The fourth-order valence-corrected chi connectivity index (χ4v) is 3.31. The third kappa shape index (κ3) is 3.57. The highest BCUT2D eigenvalue weighted by molar-refractivity contribution is 6.06. The summed E-state index contributed by atoms with van der Waals surface area (Å²) in [5.74, 6) is 0.878. The Morgan fingerprint density at radius 1 is 1.43 bits per heavy atom. The molecule has 2 N–H and O–H groups in total. The van der Waals surface area contributed by atoms with E-state index in [1.54, 1.807) is 7.05 Å². The summed E-state index contributed by atoms with van der Waals surface area (Å²) >= 11 is 0. The summed E-state index contributed by atoms with van der Waals surface area (Å²) in [6, 6.07) is 0. The summed E-state index contributed by atoms with van der Waals surface area (Å²) in [7, 11) is 1.70. The van der Waals surface area contributed by atoms with E-state index in [1.165, 1.54) is 37.0 Å². The molecule has 21 heavy (non-hydrogen) atoms. The second kappa shape index (κ2) is 6.77. The maximum Gasteiger partial charge on any atom is 0.259 e. The van der Waals surface area contributed by atoms with Crippen LogP contribution in [-0.4, -0.2) is 42.1 Å². The van der Waals surface area contributed by atoms with Gasteiger partial charge in [-0.25, -0.2) is 4.99 Å². The zero-order valence-electron chi connectivity index (χ0n) is 13.6. The molecule has 1 aliphatic heterocycles. The number of guanidine groups is 1. The average Bonchev–Trinajstić information content (AvgIpc) is 2.70. The first-order chi connectivity index (χ1) is 9.98. The molecule has 0 aromatic heterocycles. The SMILES string of the molecule is CC[C@@H](C)OCC1(CC2CCCCC2)N=C(N)N(C)C1=O. The number of aliphatic imine (C=N–C) groups is 1. The lowest BCUT2D eigenvalue weighted by molar-refractivity contribution is -0.134. The van der Waals surface area contributed by atoms with Crippen molar-refractivity contribution in [3.63, 3.8) is 0 Å². The molecule has 1 fully saturated rings. The van der Waals surface area contributed by atoms with Crippen LogP contribution in [0.5, 0.6) is 0 Å². The van der Waals surface area contributed by atoms with Crippen LogP contribution < -0.4 is 5.73 Å². The monoisotopic (exact) mass is 295 g/mol. The Balaban J connectivity index is 2.12. The summed E-state index contributed by atoms with van der Waals surface area (Å²) in [5, 5.41) is 0. The van der Waals surface area contributed by atoms with Gasteiger partial charge in [0.15, 0.2) is 11.5 Å². The van der Waals surface area contributed by atoms with Crippen LogP contribution in [0.3, 0.4) is 0 Å². The van der Waals surface area contributed by atoms with E-state index in [4.69, 9.17) is 10.5 Å². The number of hydrogen-bond acceptors (Lipinski definition) is 4. The molecule has 120 valence electrons. The smallest absolute Gasteiger partial charge is 0.259 e. The van der Waals surface area contributed by atoms with Gasteiger partial charge in [-0.3, -0.25) is 9.69 Å². The molecular weight excluding hydrogens is 266 g/mol. The van der Waals surface area contributed by atoms with Crippen molar-refractivity contribution >= 4 is 11.9 Å². The van der Waals surface area contributed by atoms with Crippen LogP contribution in [0.25, 0.3) is 0 Å². The molecule has 5 heteroatoms. The summed E-state index contributed by atoms with van der Waals surface area (Å²) in [6.45, 7) is 4.46. The van der Waals surface area contributed by atoms with Crippen LogP contribution in [-0.2, 0) is 9.53 Å². The van der Waals surface area contributed by atoms with Crippen LogP contribution >= 0.6 is 0 Å². The molecular formula is C16H29N3O2. The van der Waals surface area contributed by atoms with Crippen LogP contribution in [0.4, 0.5) is 0 Å². The summed E-state index contributed by atoms with van der Waals surface area (Å²) in [5.41, 5.74) is 5.10. The van der Waals surface area contributed by atoms with Gasteiger partial charge in [-0.1, -0.05) is 39.0 Å². The van der Waals surface area contributed by atoms with Gasteiger partial charge in [0.25, 0.3) is 5.91 Å². The van der Waals surface area contributed by atoms with E-state index < -0.39 is 5.54 Å². The largest absolute Gasteiger partial charge is 0.375 e. The van der Waals surface area contributed by atoms with E-state index in [-0.39, 0.29) is 12.0 Å². The highest BCUT2D eigenvalue weighted by Crippen LogP contribution is 2.36. The van der Waals surface area contributed by atoms with Crippen LogP contribution in [0.15, 0.2) is 4.99 Å². The van der Waals surface area contributed by atoms with Gasteiger partial charge in [-0.05, 0) is 25.7 Å². The van der Waals surface area contributed by atoms with E-state index in [0.717, 1.165) is 12.8 Å². The Labute approximate surface area is 127 Å². The van der Waals surface area contributed by atoms with E-state index in [9.17, 15) is 4.79 Å². The van der Waals surface area contributed by atoms with E-state index in [2.05, 4.69) is 11.9 Å². The lowest BCUT2D eigenvalue weighted by Gasteiger charge is -2.31. The molecule has 1 amide bonds. The number of carbonyl (C=O) groups excluding carboxylic acids is 1. The lowest BCUT2D eigenvalue weighted by Crippen LogP contribution is -2.47. The molecule has 0 spiro atoms. The van der Waals surface area contributed by atoms with Crippen molar-refractivity contribution < 1.29 is 9.53 Å². The van der Waals surface area contributed by atoms with Crippen LogP contribution in [0.2, 0.25) is 0 Å². The molecule has 0 radical (unpaired) electrons. The first-order valence-corrected chi connectivity index (χ1v) is 8.23. The fourth-order valence-electron chi connectivity index (χ4n) is 3.31. The van der Waals surface area contributed by atoms with Gasteiger partial charge in [0.1, 0.15) is 0 Å². The minimum atomic E-state index is -0.787. The van der Waals surface area contributed by atoms with Crippen molar-refractivity contribution in [3.05, 3.63) is 0 Å². The van der Waals surface area contributed by atoms with E-state index in [0.29, 0.717) is 18.5 Å². The van der Waals surface area contributed by atoms with Crippen LogP contribution in [0.1, 0.15) is 58.8 Å². The normalized spacial score (nSPS) is 28.8. The first kappa shape index (κ1) is 16.3. The number of hydrogen-bond donors (Lipinski definition) is 1. The summed E-state index contributed by atoms with van der Waals surface area (Å²) in [6.07, 6.45) is 8.06. The maximum absolute atomic E-state index is 12.7. The third-order valence-corrected chi connectivity index (χ3v) is 4.91. The maximum atomic E-state index is 12.7. The van der Waals surface area contributed by atoms with Gasteiger partial charge in [0, 0.05) is 7.05 Å². The standard InChI is InChI=1S/C16H29N3O2/c1-4-12(2)21-11-16(10-13-8-6-5-7-9-13)14(20)19(3)15(17)18-16/h12-13H,4-11H2,1-3H3,(H2,17,18)/t12-,16?/m1/s1.